The zero-order valence-electron chi connectivity index (χ0n) is 11.8. The van der Waals surface area contributed by atoms with Crippen LogP contribution in [0, 0.1) is 10.1 Å². The predicted octanol–water partition coefficient (Wildman–Crippen LogP) is 3.24. The van der Waals surface area contributed by atoms with E-state index in [0.717, 1.165) is 19.4 Å². The highest BCUT2D eigenvalue weighted by atomic mass is 16.6. The molecule has 0 bridgehead atoms. The lowest BCUT2D eigenvalue weighted by Crippen LogP contribution is -2.30. The number of nitro groups is 1. The first kappa shape index (κ1) is 14.8. The van der Waals surface area contributed by atoms with Gasteiger partial charge in [0.25, 0.3) is 5.69 Å². The molecule has 110 valence electrons. The molecule has 0 amide bonds. The molecule has 1 aromatic carbocycles. The second kappa shape index (κ2) is 7.85. The maximum Gasteiger partial charge on any atom is 0.273 e. The average molecular weight is 278 g/mol. The summed E-state index contributed by atoms with van der Waals surface area (Å²) in [5.41, 5.74) is 0.0795. The van der Waals surface area contributed by atoms with Crippen LogP contribution < -0.4 is 4.74 Å². The molecular weight excluding hydrogens is 256 g/mol. The number of nitro benzene ring substituents is 1. The first-order valence-electron chi connectivity index (χ1n) is 7.35. The molecule has 5 heteroatoms. The summed E-state index contributed by atoms with van der Waals surface area (Å²) < 4.78 is 5.56. The van der Waals surface area contributed by atoms with Gasteiger partial charge in [0.05, 0.1) is 17.6 Å². The number of piperidine rings is 1. The van der Waals surface area contributed by atoms with Crippen LogP contribution in [0.2, 0.25) is 0 Å². The highest BCUT2D eigenvalue weighted by molar-refractivity contribution is 5.37. The number of unbranched alkanes of at least 4 members (excludes halogenated alkanes) is 1. The van der Waals surface area contributed by atoms with E-state index < -0.39 is 4.92 Å². The van der Waals surface area contributed by atoms with Crippen molar-refractivity contribution >= 4 is 5.69 Å². The Labute approximate surface area is 119 Å². The van der Waals surface area contributed by atoms with Crippen molar-refractivity contribution in [3.05, 3.63) is 34.4 Å². The van der Waals surface area contributed by atoms with E-state index in [0.29, 0.717) is 12.4 Å². The molecular formula is C15H22N2O3. The molecule has 1 saturated heterocycles. The number of nitrogens with zero attached hydrogens (tertiary/aromatic N) is 2. The number of likely N-dealkylation sites (tertiary alicyclic amines) is 1. The van der Waals surface area contributed by atoms with Crippen molar-refractivity contribution in [3.8, 4) is 5.75 Å². The van der Waals surface area contributed by atoms with E-state index in [4.69, 9.17) is 4.74 Å². The smallest absolute Gasteiger partial charge is 0.273 e. The van der Waals surface area contributed by atoms with Gasteiger partial charge in [-0.2, -0.15) is 0 Å². The standard InChI is InChI=1S/C15H22N2O3/c18-17(19)14-7-6-8-15(13-14)20-12-5-4-11-16-9-2-1-3-10-16/h6-8,13H,1-5,9-12H2. The van der Waals surface area contributed by atoms with Gasteiger partial charge in [-0.1, -0.05) is 12.5 Å². The highest BCUT2D eigenvalue weighted by Crippen LogP contribution is 2.19. The molecule has 0 saturated carbocycles. The largest absolute Gasteiger partial charge is 0.493 e. The molecule has 0 spiro atoms. The molecule has 2 rings (SSSR count). The number of rotatable bonds is 7. The van der Waals surface area contributed by atoms with Crippen molar-refractivity contribution in [2.75, 3.05) is 26.2 Å². The van der Waals surface area contributed by atoms with Crippen molar-refractivity contribution in [3.63, 3.8) is 0 Å². The first-order chi connectivity index (χ1) is 9.75. The summed E-state index contributed by atoms with van der Waals surface area (Å²) >= 11 is 0. The number of hydrogen-bond donors (Lipinski definition) is 0. The van der Waals surface area contributed by atoms with Gasteiger partial charge in [0.2, 0.25) is 0 Å². The third kappa shape index (κ3) is 4.81. The maximum atomic E-state index is 10.6. The Balaban J connectivity index is 1.63. The molecule has 1 heterocycles. The zero-order valence-corrected chi connectivity index (χ0v) is 11.8. The lowest BCUT2D eigenvalue weighted by molar-refractivity contribution is -0.384. The van der Waals surface area contributed by atoms with Crippen LogP contribution >= 0.6 is 0 Å². The summed E-state index contributed by atoms with van der Waals surface area (Å²) in [6, 6.07) is 6.37. The molecule has 0 N–H and O–H groups in total. The summed E-state index contributed by atoms with van der Waals surface area (Å²) in [6.07, 6.45) is 6.12. The minimum atomic E-state index is -0.400. The molecule has 0 aliphatic carbocycles. The van der Waals surface area contributed by atoms with E-state index in [1.54, 1.807) is 12.1 Å². The quantitative estimate of drug-likeness (QED) is 0.436. The van der Waals surface area contributed by atoms with Crippen molar-refractivity contribution in [1.29, 1.82) is 0 Å². The molecule has 0 unspecified atom stereocenters. The summed E-state index contributed by atoms with van der Waals surface area (Å²) in [5.74, 6) is 0.581. The molecule has 1 fully saturated rings. The summed E-state index contributed by atoms with van der Waals surface area (Å²) in [5, 5.41) is 10.6. The molecule has 0 aromatic heterocycles. The van der Waals surface area contributed by atoms with Crippen LogP contribution in [0.1, 0.15) is 32.1 Å². The second-order valence-corrected chi connectivity index (χ2v) is 5.21. The first-order valence-corrected chi connectivity index (χ1v) is 7.35. The average Bonchev–Trinajstić information content (AvgIpc) is 2.48. The monoisotopic (exact) mass is 278 g/mol. The molecule has 1 aromatic rings. The van der Waals surface area contributed by atoms with Crippen molar-refractivity contribution in [2.45, 2.75) is 32.1 Å². The van der Waals surface area contributed by atoms with Gasteiger partial charge in [0.15, 0.2) is 0 Å². The van der Waals surface area contributed by atoms with Gasteiger partial charge in [0, 0.05) is 6.07 Å². The summed E-state index contributed by atoms with van der Waals surface area (Å²) in [4.78, 5) is 12.8. The molecule has 5 nitrogen and oxygen atoms in total. The Kier molecular flexibility index (Phi) is 5.80. The Morgan fingerprint density at radius 1 is 1.20 bits per heavy atom. The van der Waals surface area contributed by atoms with Gasteiger partial charge in [-0.25, -0.2) is 0 Å². The van der Waals surface area contributed by atoms with Gasteiger partial charge >= 0.3 is 0 Å². The molecule has 0 atom stereocenters. The van der Waals surface area contributed by atoms with E-state index >= 15 is 0 Å². The predicted molar refractivity (Wildman–Crippen MR) is 78.1 cm³/mol. The summed E-state index contributed by atoms with van der Waals surface area (Å²) in [6.45, 7) is 4.21. The number of ether oxygens (including phenoxy) is 1. The van der Waals surface area contributed by atoms with E-state index in [2.05, 4.69) is 4.90 Å². The van der Waals surface area contributed by atoms with Gasteiger partial charge in [0.1, 0.15) is 5.75 Å². The SMILES string of the molecule is O=[N+]([O-])c1cccc(OCCCCN2CCCCC2)c1. The number of benzene rings is 1. The second-order valence-electron chi connectivity index (χ2n) is 5.21. The minimum absolute atomic E-state index is 0.0795. The Morgan fingerprint density at radius 3 is 2.75 bits per heavy atom. The fraction of sp³-hybridized carbons (Fsp3) is 0.600. The van der Waals surface area contributed by atoms with Gasteiger partial charge in [-0.05, 0) is 51.4 Å². The molecule has 1 aliphatic heterocycles. The molecule has 1 aliphatic rings. The van der Waals surface area contributed by atoms with Gasteiger partial charge < -0.3 is 9.64 Å². The fourth-order valence-corrected chi connectivity index (χ4v) is 2.50. The molecule has 20 heavy (non-hydrogen) atoms. The minimum Gasteiger partial charge on any atom is -0.493 e. The van der Waals surface area contributed by atoms with Crippen LogP contribution in [0.25, 0.3) is 0 Å². The van der Waals surface area contributed by atoms with Crippen LogP contribution in [-0.2, 0) is 0 Å². The third-order valence-corrected chi connectivity index (χ3v) is 3.61. The van der Waals surface area contributed by atoms with Crippen molar-refractivity contribution in [1.82, 2.24) is 4.90 Å². The zero-order chi connectivity index (χ0) is 14.2. The number of hydrogen-bond acceptors (Lipinski definition) is 4. The lowest BCUT2D eigenvalue weighted by Gasteiger charge is -2.26. The van der Waals surface area contributed by atoms with Crippen LogP contribution in [0.15, 0.2) is 24.3 Å². The van der Waals surface area contributed by atoms with Crippen LogP contribution in [0.5, 0.6) is 5.75 Å². The van der Waals surface area contributed by atoms with Crippen molar-refractivity contribution in [2.24, 2.45) is 0 Å². The van der Waals surface area contributed by atoms with Crippen LogP contribution in [0.3, 0.4) is 0 Å². The fourth-order valence-electron chi connectivity index (χ4n) is 2.50. The lowest BCUT2D eigenvalue weighted by atomic mass is 10.1. The molecule has 0 radical (unpaired) electrons. The Bertz CT molecular complexity index is 431. The van der Waals surface area contributed by atoms with Crippen molar-refractivity contribution < 1.29 is 9.66 Å². The third-order valence-electron chi connectivity index (χ3n) is 3.61. The Hall–Kier alpha value is -1.62. The van der Waals surface area contributed by atoms with E-state index in [-0.39, 0.29) is 5.69 Å². The van der Waals surface area contributed by atoms with E-state index in [9.17, 15) is 10.1 Å². The summed E-state index contributed by atoms with van der Waals surface area (Å²) in [7, 11) is 0. The topological polar surface area (TPSA) is 55.6 Å². The Morgan fingerprint density at radius 2 is 2.00 bits per heavy atom. The van der Waals surface area contributed by atoms with Gasteiger partial charge in [-0.15, -0.1) is 0 Å². The normalized spacial score (nSPS) is 16.0. The highest BCUT2D eigenvalue weighted by Gasteiger charge is 2.09. The van der Waals surface area contributed by atoms with Gasteiger partial charge in [-0.3, -0.25) is 10.1 Å². The van der Waals surface area contributed by atoms with Crippen LogP contribution in [0.4, 0.5) is 5.69 Å². The van der Waals surface area contributed by atoms with Crippen LogP contribution in [-0.4, -0.2) is 36.1 Å². The maximum absolute atomic E-state index is 10.6. The van der Waals surface area contributed by atoms with E-state index in [1.807, 2.05) is 0 Å². The van der Waals surface area contributed by atoms with E-state index in [1.165, 1.54) is 44.5 Å². The number of non-ortho nitro benzene ring substituents is 1.